The van der Waals surface area contributed by atoms with Gasteiger partial charge in [0.25, 0.3) is 0 Å². The van der Waals surface area contributed by atoms with E-state index < -0.39 is 0 Å². The number of rotatable bonds is 5. The molecule has 2 heterocycles. The normalized spacial score (nSPS) is 17.3. The number of nitrogens with zero attached hydrogens (tertiary/aromatic N) is 3. The summed E-state index contributed by atoms with van der Waals surface area (Å²) in [6, 6.07) is 1.87. The van der Waals surface area contributed by atoms with Gasteiger partial charge < -0.3 is 24.8 Å². The van der Waals surface area contributed by atoms with Crippen molar-refractivity contribution in [2.45, 2.75) is 24.9 Å². The van der Waals surface area contributed by atoms with E-state index in [0.717, 1.165) is 44.3 Å². The highest BCUT2D eigenvalue weighted by atomic mass is 127. The fourth-order valence-corrected chi connectivity index (χ4v) is 3.35. The smallest absolute Gasteiger partial charge is 0.191 e. The van der Waals surface area contributed by atoms with Crippen LogP contribution in [0.3, 0.4) is 0 Å². The minimum absolute atomic E-state index is 0. The number of guanidine groups is 1. The fourth-order valence-electron chi connectivity index (χ4n) is 2.94. The van der Waals surface area contributed by atoms with Crippen molar-refractivity contribution in [1.82, 2.24) is 20.1 Å². The van der Waals surface area contributed by atoms with Crippen molar-refractivity contribution in [2.24, 2.45) is 12.0 Å². The van der Waals surface area contributed by atoms with Crippen LogP contribution >= 0.6 is 47.2 Å². The molecule has 25 heavy (non-hydrogen) atoms. The van der Waals surface area contributed by atoms with Crippen LogP contribution in [0.5, 0.6) is 0 Å². The van der Waals surface area contributed by atoms with E-state index in [9.17, 15) is 0 Å². The molecule has 1 saturated heterocycles. The molecule has 1 aliphatic heterocycles. The van der Waals surface area contributed by atoms with Crippen LogP contribution in [0.4, 0.5) is 0 Å². The van der Waals surface area contributed by atoms with Crippen LogP contribution in [0.2, 0.25) is 10.2 Å². The second-order valence-electron chi connectivity index (χ2n) is 6.34. The Morgan fingerprint density at radius 3 is 2.44 bits per heavy atom. The van der Waals surface area contributed by atoms with E-state index in [1.165, 1.54) is 0 Å². The molecule has 0 amide bonds. The summed E-state index contributed by atoms with van der Waals surface area (Å²) in [7, 11) is 7.91. The summed E-state index contributed by atoms with van der Waals surface area (Å²) in [5.74, 6) is 0.760. The summed E-state index contributed by atoms with van der Waals surface area (Å²) in [5.41, 5.74) is 1.09. The molecule has 0 radical (unpaired) electrons. The summed E-state index contributed by atoms with van der Waals surface area (Å²) < 4.78 is 7.38. The Hall–Kier alpha value is -0.220. The lowest BCUT2D eigenvalue weighted by molar-refractivity contribution is -0.00501. The fraction of sp³-hybridized carbons (Fsp3) is 0.688. The number of ether oxygens (including phenoxy) is 1. The van der Waals surface area contributed by atoms with Crippen LogP contribution < -0.4 is 10.6 Å². The first-order chi connectivity index (χ1) is 11.4. The van der Waals surface area contributed by atoms with E-state index in [-0.39, 0.29) is 29.5 Å². The van der Waals surface area contributed by atoms with Crippen molar-refractivity contribution in [2.75, 3.05) is 40.9 Å². The lowest BCUT2D eigenvalue weighted by Crippen LogP contribution is -2.57. The highest BCUT2D eigenvalue weighted by Gasteiger charge is 2.34. The molecule has 1 aliphatic rings. The van der Waals surface area contributed by atoms with Gasteiger partial charge in [-0.2, -0.15) is 0 Å². The van der Waals surface area contributed by atoms with Gasteiger partial charge in [-0.25, -0.2) is 0 Å². The molecule has 0 spiro atoms. The van der Waals surface area contributed by atoms with Crippen molar-refractivity contribution >= 4 is 53.1 Å². The van der Waals surface area contributed by atoms with Crippen molar-refractivity contribution in [1.29, 1.82) is 0 Å². The van der Waals surface area contributed by atoms with E-state index in [2.05, 4.69) is 34.6 Å². The summed E-state index contributed by atoms with van der Waals surface area (Å²) in [4.78, 5) is 6.59. The molecule has 2 rings (SSSR count). The highest BCUT2D eigenvalue weighted by Crippen LogP contribution is 2.26. The van der Waals surface area contributed by atoms with Crippen molar-refractivity contribution in [3.8, 4) is 0 Å². The van der Waals surface area contributed by atoms with Crippen LogP contribution in [-0.4, -0.2) is 61.9 Å². The van der Waals surface area contributed by atoms with Crippen molar-refractivity contribution in [3.63, 3.8) is 0 Å². The molecule has 2 N–H and O–H groups in total. The molecule has 0 aromatic carbocycles. The minimum atomic E-state index is 0. The van der Waals surface area contributed by atoms with Gasteiger partial charge in [0, 0.05) is 45.1 Å². The molecule has 0 unspecified atom stereocenters. The molecule has 0 aliphatic carbocycles. The van der Waals surface area contributed by atoms with Gasteiger partial charge in [0.2, 0.25) is 0 Å². The van der Waals surface area contributed by atoms with Crippen LogP contribution in [0.1, 0.15) is 18.5 Å². The maximum Gasteiger partial charge on any atom is 0.191 e. The molecule has 9 heteroatoms. The molecule has 0 bridgehead atoms. The van der Waals surface area contributed by atoms with Gasteiger partial charge in [0.1, 0.15) is 5.15 Å². The van der Waals surface area contributed by atoms with Gasteiger partial charge in [-0.3, -0.25) is 4.99 Å². The Balaban J connectivity index is 0.00000312. The molecule has 6 nitrogen and oxygen atoms in total. The zero-order valence-corrected chi connectivity index (χ0v) is 19.1. The highest BCUT2D eigenvalue weighted by molar-refractivity contribution is 14.0. The minimum Gasteiger partial charge on any atom is -0.381 e. The number of likely N-dealkylation sites (N-methyl/N-ethyl adjacent to an activating group) is 1. The van der Waals surface area contributed by atoms with Crippen molar-refractivity contribution in [3.05, 3.63) is 21.9 Å². The standard InChI is InChI=1S/C16H27Cl2N5O.HI/c1-19-15(20-10-12-9-13(17)14(18)23(12)4)21-11-16(22(2)3)5-7-24-8-6-16;/h9H,5-8,10-11H2,1-4H3,(H2,19,20,21);1H. The van der Waals surface area contributed by atoms with Gasteiger partial charge in [-0.05, 0) is 33.0 Å². The second-order valence-corrected chi connectivity index (χ2v) is 7.11. The van der Waals surface area contributed by atoms with Gasteiger partial charge in [0.05, 0.1) is 11.6 Å². The lowest BCUT2D eigenvalue weighted by atomic mass is 9.88. The van der Waals surface area contributed by atoms with Crippen LogP contribution in [0.15, 0.2) is 11.1 Å². The molecule has 1 fully saturated rings. The largest absolute Gasteiger partial charge is 0.381 e. The maximum absolute atomic E-state index is 6.10. The predicted octanol–water partition coefficient (Wildman–Crippen LogP) is 2.73. The molecule has 1 aromatic rings. The Kier molecular flexibility index (Phi) is 9.31. The summed E-state index contributed by atoms with van der Waals surface area (Å²) in [5, 5.41) is 7.86. The average molecular weight is 504 g/mol. The molecule has 0 atom stereocenters. The average Bonchev–Trinajstić information content (AvgIpc) is 2.83. The van der Waals surface area contributed by atoms with Gasteiger partial charge in [-0.15, -0.1) is 24.0 Å². The Morgan fingerprint density at radius 2 is 1.96 bits per heavy atom. The summed E-state index contributed by atoms with van der Waals surface area (Å²) >= 11 is 12.2. The number of aromatic nitrogens is 1. The van der Waals surface area contributed by atoms with E-state index in [0.29, 0.717) is 16.7 Å². The zero-order valence-electron chi connectivity index (χ0n) is 15.2. The quantitative estimate of drug-likeness (QED) is 0.368. The number of halogens is 3. The third-order valence-corrected chi connectivity index (χ3v) is 5.68. The second kappa shape index (κ2) is 10.2. The first-order valence-corrected chi connectivity index (χ1v) is 8.84. The van der Waals surface area contributed by atoms with E-state index in [1.807, 2.05) is 17.7 Å². The van der Waals surface area contributed by atoms with E-state index in [4.69, 9.17) is 27.9 Å². The van der Waals surface area contributed by atoms with Crippen LogP contribution in [-0.2, 0) is 18.3 Å². The third-order valence-electron chi connectivity index (χ3n) is 4.83. The number of aliphatic imine (C=N–C) groups is 1. The number of hydrogen-bond donors (Lipinski definition) is 2. The molecular formula is C16H28Cl2IN5O. The predicted molar refractivity (Wildman–Crippen MR) is 116 cm³/mol. The van der Waals surface area contributed by atoms with Crippen LogP contribution in [0, 0.1) is 0 Å². The first-order valence-electron chi connectivity index (χ1n) is 8.09. The summed E-state index contributed by atoms with van der Waals surface area (Å²) in [6.07, 6.45) is 2.01. The van der Waals surface area contributed by atoms with E-state index in [1.54, 1.807) is 7.05 Å². The van der Waals surface area contributed by atoms with Crippen LogP contribution in [0.25, 0.3) is 0 Å². The maximum atomic E-state index is 6.10. The van der Waals surface area contributed by atoms with Crippen molar-refractivity contribution < 1.29 is 4.74 Å². The molecule has 144 valence electrons. The first kappa shape index (κ1) is 22.8. The Bertz CT molecular complexity index is 585. The number of hydrogen-bond acceptors (Lipinski definition) is 3. The third kappa shape index (κ3) is 5.63. The Labute approximate surface area is 177 Å². The molecular weight excluding hydrogens is 476 g/mol. The van der Waals surface area contributed by atoms with Gasteiger partial charge in [-0.1, -0.05) is 23.2 Å². The Morgan fingerprint density at radius 1 is 1.32 bits per heavy atom. The summed E-state index contributed by atoms with van der Waals surface area (Å²) in [6.45, 7) is 3.01. The topological polar surface area (TPSA) is 53.8 Å². The number of nitrogens with one attached hydrogen (secondary N) is 2. The lowest BCUT2D eigenvalue weighted by Gasteiger charge is -2.43. The monoisotopic (exact) mass is 503 g/mol. The zero-order chi connectivity index (χ0) is 17.7. The molecule has 1 aromatic heterocycles. The van der Waals surface area contributed by atoms with E-state index >= 15 is 0 Å². The van der Waals surface area contributed by atoms with Gasteiger partial charge in [0.15, 0.2) is 5.96 Å². The SMILES string of the molecule is CN=C(NCc1cc(Cl)c(Cl)n1C)NCC1(N(C)C)CCOCC1.I. The molecule has 0 saturated carbocycles. The van der Waals surface area contributed by atoms with Gasteiger partial charge >= 0.3 is 0 Å².